The molecule has 8 bridgehead atoms. The van der Waals surface area contributed by atoms with Gasteiger partial charge in [0.05, 0.1) is 22.8 Å². The van der Waals surface area contributed by atoms with Crippen LogP contribution in [0.5, 0.6) is 0 Å². The van der Waals surface area contributed by atoms with E-state index in [0.29, 0.717) is 11.1 Å². The second kappa shape index (κ2) is 12.9. The highest BCUT2D eigenvalue weighted by Crippen LogP contribution is 2.38. The lowest BCUT2D eigenvalue weighted by Crippen LogP contribution is -1.91. The highest BCUT2D eigenvalue weighted by molar-refractivity contribution is 6.00. The van der Waals surface area contributed by atoms with Crippen LogP contribution < -0.4 is 0 Å². The van der Waals surface area contributed by atoms with Crippen LogP contribution in [-0.4, -0.2) is 32.5 Å². The number of benzene rings is 4. The number of carbonyl (C=O) groups excluding carboxylic acids is 2. The molecule has 2 N–H and O–H groups in total. The van der Waals surface area contributed by atoms with Crippen molar-refractivity contribution in [3.8, 4) is 44.5 Å². The Bertz CT molecular complexity index is 2600. The Labute approximate surface area is 299 Å². The van der Waals surface area contributed by atoms with Gasteiger partial charge >= 0.3 is 0 Å². The molecule has 9 rings (SSSR count). The molecule has 0 atom stereocenters. The summed E-state index contributed by atoms with van der Waals surface area (Å²) < 4.78 is 0. The maximum Gasteiger partial charge on any atom is 0.150 e. The van der Waals surface area contributed by atoms with Gasteiger partial charge in [0.15, 0.2) is 0 Å². The Balaban J connectivity index is 1.46. The number of rotatable bonds is 6. The smallest absolute Gasteiger partial charge is 0.150 e. The fourth-order valence-electron chi connectivity index (χ4n) is 7.09. The number of aromatic nitrogens is 4. The first-order valence-electron chi connectivity index (χ1n) is 17.1. The molecule has 2 aliphatic heterocycles. The second-order valence-electron chi connectivity index (χ2n) is 12.7. The van der Waals surface area contributed by atoms with E-state index in [1.54, 1.807) is 0 Å². The zero-order chi connectivity index (χ0) is 35.0. The third-order valence-corrected chi connectivity index (χ3v) is 9.55. The first-order chi connectivity index (χ1) is 25.7. The monoisotopic (exact) mass is 670 g/mol. The molecule has 0 fully saturated rings. The summed E-state index contributed by atoms with van der Waals surface area (Å²) in [7, 11) is 0. The fraction of sp³-hybridized carbons (Fsp3) is 0. The fourth-order valence-corrected chi connectivity index (χ4v) is 7.09. The predicted octanol–water partition coefficient (Wildman–Crippen LogP) is 10.9. The average Bonchev–Trinajstić information content (AvgIpc) is 4.04. The predicted molar refractivity (Wildman–Crippen MR) is 211 cm³/mol. The van der Waals surface area contributed by atoms with Crippen LogP contribution in [0.1, 0.15) is 43.5 Å². The number of aldehydes is 2. The first-order valence-corrected chi connectivity index (χ1v) is 17.1. The molecule has 6 nitrogen and oxygen atoms in total. The van der Waals surface area contributed by atoms with Crippen molar-refractivity contribution in [2.45, 2.75) is 0 Å². The molecule has 5 heterocycles. The SMILES string of the molecule is O=Cc1ccc(-c2c3nc(c(-c4ccccc4)c4ccc([nH]4)c(-c4ccc(C=O)cc4)c4ccc([nH]4)c(-c4ccccc4)c4nc2C=C4)C=C3)cc1. The van der Waals surface area contributed by atoms with E-state index in [1.165, 1.54) is 0 Å². The third kappa shape index (κ3) is 5.49. The third-order valence-electron chi connectivity index (χ3n) is 9.55. The van der Waals surface area contributed by atoms with Gasteiger partial charge in [-0.1, -0.05) is 109 Å². The van der Waals surface area contributed by atoms with E-state index in [1.807, 2.05) is 97.1 Å². The van der Waals surface area contributed by atoms with Gasteiger partial charge in [0.2, 0.25) is 0 Å². The molecule has 4 aromatic carbocycles. The Morgan fingerprint density at radius 2 is 0.673 bits per heavy atom. The number of fused-ring (bicyclic) bond motifs is 8. The van der Waals surface area contributed by atoms with Gasteiger partial charge in [0.1, 0.15) is 12.6 Å². The molecule has 52 heavy (non-hydrogen) atoms. The van der Waals surface area contributed by atoms with E-state index in [4.69, 9.17) is 9.97 Å². The molecule has 0 unspecified atom stereocenters. The molecule has 0 aliphatic carbocycles. The number of hydrogen-bond acceptors (Lipinski definition) is 4. The summed E-state index contributed by atoms with van der Waals surface area (Å²) in [5.41, 5.74) is 15.7. The molecular weight excluding hydrogens is 641 g/mol. The summed E-state index contributed by atoms with van der Waals surface area (Å²) in [4.78, 5) is 41.3. The molecule has 246 valence electrons. The summed E-state index contributed by atoms with van der Waals surface area (Å²) in [6.07, 6.45) is 9.92. The van der Waals surface area contributed by atoms with E-state index >= 15 is 0 Å². The highest BCUT2D eigenvalue weighted by Gasteiger charge is 2.19. The minimum absolute atomic E-state index is 0.602. The molecular formula is C46H30N4O2. The lowest BCUT2D eigenvalue weighted by molar-refractivity contribution is 0.111. The maximum atomic E-state index is 11.6. The second-order valence-corrected chi connectivity index (χ2v) is 12.7. The maximum absolute atomic E-state index is 11.6. The van der Waals surface area contributed by atoms with Crippen LogP contribution in [0, 0.1) is 0 Å². The van der Waals surface area contributed by atoms with Gasteiger partial charge in [-0.25, -0.2) is 9.97 Å². The molecule has 0 radical (unpaired) electrons. The van der Waals surface area contributed by atoms with E-state index < -0.39 is 0 Å². The van der Waals surface area contributed by atoms with Crippen LogP contribution in [0.2, 0.25) is 0 Å². The van der Waals surface area contributed by atoms with Gasteiger partial charge in [-0.2, -0.15) is 0 Å². The quantitative estimate of drug-likeness (QED) is 0.172. The van der Waals surface area contributed by atoms with Crippen LogP contribution in [0.25, 0.3) is 90.9 Å². The zero-order valence-electron chi connectivity index (χ0n) is 27.9. The minimum Gasteiger partial charge on any atom is -0.354 e. The molecule has 2 aliphatic rings. The molecule has 7 aromatic rings. The molecule has 0 spiro atoms. The topological polar surface area (TPSA) is 91.5 Å². The Kier molecular flexibility index (Phi) is 7.67. The van der Waals surface area contributed by atoms with E-state index in [9.17, 15) is 9.59 Å². The van der Waals surface area contributed by atoms with Crippen LogP contribution in [0.4, 0.5) is 0 Å². The number of nitrogens with one attached hydrogen (secondary N) is 2. The lowest BCUT2D eigenvalue weighted by atomic mass is 10.0. The first kappa shape index (κ1) is 30.8. The van der Waals surface area contributed by atoms with Crippen molar-refractivity contribution in [2.75, 3.05) is 0 Å². The van der Waals surface area contributed by atoms with Crippen molar-refractivity contribution in [3.05, 3.63) is 167 Å². The normalized spacial score (nSPS) is 11.8. The highest BCUT2D eigenvalue weighted by atomic mass is 16.1. The molecule has 3 aromatic heterocycles. The van der Waals surface area contributed by atoms with Gasteiger partial charge in [0.25, 0.3) is 0 Å². The minimum atomic E-state index is 0.602. The van der Waals surface area contributed by atoms with Gasteiger partial charge in [-0.15, -0.1) is 0 Å². The van der Waals surface area contributed by atoms with Crippen LogP contribution in [-0.2, 0) is 0 Å². The molecule has 0 amide bonds. The number of carbonyl (C=O) groups is 2. The van der Waals surface area contributed by atoms with Crippen molar-refractivity contribution in [3.63, 3.8) is 0 Å². The summed E-state index contributed by atoms with van der Waals surface area (Å²) >= 11 is 0. The van der Waals surface area contributed by atoms with Crippen molar-refractivity contribution >= 4 is 58.9 Å². The summed E-state index contributed by atoms with van der Waals surface area (Å²) in [6, 6.07) is 44.1. The van der Waals surface area contributed by atoms with Crippen molar-refractivity contribution in [1.29, 1.82) is 0 Å². The lowest BCUT2D eigenvalue weighted by Gasteiger charge is -2.07. The Hall–Kier alpha value is -7.18. The van der Waals surface area contributed by atoms with Gasteiger partial charge < -0.3 is 9.97 Å². The average molecular weight is 671 g/mol. The van der Waals surface area contributed by atoms with E-state index in [-0.39, 0.29) is 0 Å². The number of nitrogens with zero attached hydrogens (tertiary/aromatic N) is 2. The number of hydrogen-bond donors (Lipinski definition) is 2. The number of aromatic amines is 2. The number of H-pyrrole nitrogens is 2. The van der Waals surface area contributed by atoms with Crippen LogP contribution >= 0.6 is 0 Å². The van der Waals surface area contributed by atoms with E-state index in [2.05, 4.69) is 70.7 Å². The summed E-state index contributed by atoms with van der Waals surface area (Å²) in [6.45, 7) is 0. The molecule has 6 heteroatoms. The molecule has 0 saturated carbocycles. The van der Waals surface area contributed by atoms with Gasteiger partial charge in [-0.3, -0.25) is 9.59 Å². The van der Waals surface area contributed by atoms with Crippen molar-refractivity contribution in [1.82, 2.24) is 19.9 Å². The summed E-state index contributed by atoms with van der Waals surface area (Å²) in [5.74, 6) is 0. The largest absolute Gasteiger partial charge is 0.354 e. The van der Waals surface area contributed by atoms with Gasteiger partial charge in [0, 0.05) is 55.4 Å². The Morgan fingerprint density at radius 3 is 1.06 bits per heavy atom. The van der Waals surface area contributed by atoms with Crippen LogP contribution in [0.3, 0.4) is 0 Å². The zero-order valence-corrected chi connectivity index (χ0v) is 27.9. The van der Waals surface area contributed by atoms with Crippen molar-refractivity contribution < 1.29 is 9.59 Å². The standard InChI is InChI=1S/C46H30N4O2/c51-27-29-11-15-33(16-12-29)45-39-23-19-35(47-39)43(31-7-3-1-4-8-31)36-20-24-40(48-36)46(34-17-13-30(28-52)14-18-34)42-26-22-38(50-42)44(32-9-5-2-6-10-32)37-21-25-41(45)49-37/h1-28,47,49H. The van der Waals surface area contributed by atoms with Crippen LogP contribution in [0.15, 0.2) is 133 Å². The van der Waals surface area contributed by atoms with E-state index in [0.717, 1.165) is 102 Å². The van der Waals surface area contributed by atoms with Gasteiger partial charge in [-0.05, 0) is 70.8 Å². The Morgan fingerprint density at radius 1 is 0.346 bits per heavy atom. The van der Waals surface area contributed by atoms with Crippen molar-refractivity contribution in [2.24, 2.45) is 0 Å². The molecule has 0 saturated heterocycles. The summed E-state index contributed by atoms with van der Waals surface area (Å²) in [5, 5.41) is 0.